The summed E-state index contributed by atoms with van der Waals surface area (Å²) >= 11 is 0. The molecule has 3 nitrogen and oxygen atoms in total. The van der Waals surface area contributed by atoms with Gasteiger partial charge in [-0.2, -0.15) is 0 Å². The van der Waals surface area contributed by atoms with E-state index in [-0.39, 0.29) is 17.4 Å². The summed E-state index contributed by atoms with van der Waals surface area (Å²) < 4.78 is 0. The Morgan fingerprint density at radius 3 is 2.44 bits per heavy atom. The molecule has 1 saturated heterocycles. The van der Waals surface area contributed by atoms with Gasteiger partial charge in [0, 0.05) is 5.69 Å². The Bertz CT molecular complexity index is 411. The molecular weight excluding hydrogens is 224 g/mol. The molecule has 0 bridgehead atoms. The van der Waals surface area contributed by atoms with Gasteiger partial charge >= 0.3 is 0 Å². The number of hydrogen-bond acceptors (Lipinski definition) is 2. The Morgan fingerprint density at radius 1 is 1.28 bits per heavy atom. The first kappa shape index (κ1) is 13.1. The first-order valence-corrected chi connectivity index (χ1v) is 6.61. The molecule has 1 fully saturated rings. The standard InChI is InChI=1S/C15H22N2O/c1-15(2,3)11-6-8-12(9-7-11)17-14(18)13-5-4-10-16-13/h6-9,13,16H,4-5,10H2,1-3H3,(H,17,18)/t13-/m0/s1. The summed E-state index contributed by atoms with van der Waals surface area (Å²) in [6.45, 7) is 7.50. The van der Waals surface area contributed by atoms with Crippen LogP contribution in [0, 0.1) is 0 Å². The lowest BCUT2D eigenvalue weighted by molar-refractivity contribution is -0.117. The van der Waals surface area contributed by atoms with E-state index < -0.39 is 0 Å². The van der Waals surface area contributed by atoms with E-state index in [1.54, 1.807) is 0 Å². The van der Waals surface area contributed by atoms with Crippen molar-refractivity contribution in [1.29, 1.82) is 0 Å². The van der Waals surface area contributed by atoms with Gasteiger partial charge in [0.1, 0.15) is 0 Å². The number of amides is 1. The lowest BCUT2D eigenvalue weighted by Gasteiger charge is -2.19. The summed E-state index contributed by atoms with van der Waals surface area (Å²) in [5, 5.41) is 6.16. The highest BCUT2D eigenvalue weighted by Gasteiger charge is 2.22. The minimum Gasteiger partial charge on any atom is -0.325 e. The minimum atomic E-state index is -0.0210. The van der Waals surface area contributed by atoms with Crippen molar-refractivity contribution in [3.05, 3.63) is 29.8 Å². The van der Waals surface area contributed by atoms with Crippen LogP contribution >= 0.6 is 0 Å². The fourth-order valence-electron chi connectivity index (χ4n) is 2.19. The van der Waals surface area contributed by atoms with Crippen LogP contribution in [0.15, 0.2) is 24.3 Å². The van der Waals surface area contributed by atoms with Gasteiger partial charge in [-0.1, -0.05) is 32.9 Å². The van der Waals surface area contributed by atoms with Gasteiger partial charge in [-0.15, -0.1) is 0 Å². The number of hydrogen-bond donors (Lipinski definition) is 2. The monoisotopic (exact) mass is 246 g/mol. The van der Waals surface area contributed by atoms with E-state index in [1.165, 1.54) is 5.56 Å². The molecular formula is C15H22N2O. The van der Waals surface area contributed by atoms with E-state index in [2.05, 4.69) is 43.5 Å². The van der Waals surface area contributed by atoms with E-state index in [0.29, 0.717) is 0 Å². The average molecular weight is 246 g/mol. The summed E-state index contributed by atoms with van der Waals surface area (Å²) in [7, 11) is 0. The van der Waals surface area contributed by atoms with Crippen LogP contribution in [0.25, 0.3) is 0 Å². The molecule has 1 atom stereocenters. The number of benzene rings is 1. The predicted molar refractivity (Wildman–Crippen MR) is 74.8 cm³/mol. The summed E-state index contributed by atoms with van der Waals surface area (Å²) in [6.07, 6.45) is 2.02. The van der Waals surface area contributed by atoms with Gasteiger partial charge in [0.15, 0.2) is 0 Å². The highest BCUT2D eigenvalue weighted by atomic mass is 16.2. The van der Waals surface area contributed by atoms with Gasteiger partial charge in [-0.3, -0.25) is 4.79 Å². The van der Waals surface area contributed by atoms with E-state index in [1.807, 2.05) is 12.1 Å². The maximum absolute atomic E-state index is 11.9. The summed E-state index contributed by atoms with van der Waals surface area (Å²) in [4.78, 5) is 11.9. The lowest BCUT2D eigenvalue weighted by Crippen LogP contribution is -2.35. The molecule has 0 aromatic heterocycles. The molecule has 0 saturated carbocycles. The lowest BCUT2D eigenvalue weighted by atomic mass is 9.87. The Kier molecular flexibility index (Phi) is 3.71. The van der Waals surface area contributed by atoms with Crippen LogP contribution in [0.5, 0.6) is 0 Å². The molecule has 0 aliphatic carbocycles. The molecule has 1 aliphatic heterocycles. The van der Waals surface area contributed by atoms with E-state index in [0.717, 1.165) is 25.1 Å². The van der Waals surface area contributed by atoms with Crippen molar-refractivity contribution < 1.29 is 4.79 Å². The summed E-state index contributed by atoms with van der Waals surface area (Å²) in [6, 6.07) is 8.10. The van der Waals surface area contributed by atoms with E-state index in [4.69, 9.17) is 0 Å². The maximum Gasteiger partial charge on any atom is 0.241 e. The van der Waals surface area contributed by atoms with Crippen LogP contribution in [0.4, 0.5) is 5.69 Å². The van der Waals surface area contributed by atoms with Crippen LogP contribution < -0.4 is 10.6 Å². The van der Waals surface area contributed by atoms with Crippen LogP contribution in [-0.4, -0.2) is 18.5 Å². The van der Waals surface area contributed by atoms with E-state index in [9.17, 15) is 4.79 Å². The number of carbonyl (C=O) groups is 1. The van der Waals surface area contributed by atoms with Gasteiger partial charge < -0.3 is 10.6 Å². The number of nitrogens with one attached hydrogen (secondary N) is 2. The molecule has 3 heteroatoms. The molecule has 18 heavy (non-hydrogen) atoms. The van der Waals surface area contributed by atoms with E-state index >= 15 is 0 Å². The van der Waals surface area contributed by atoms with Crippen LogP contribution in [0.2, 0.25) is 0 Å². The highest BCUT2D eigenvalue weighted by Crippen LogP contribution is 2.23. The first-order chi connectivity index (χ1) is 8.47. The van der Waals surface area contributed by atoms with Gasteiger partial charge in [0.2, 0.25) is 5.91 Å². The number of rotatable bonds is 2. The highest BCUT2D eigenvalue weighted by molar-refractivity contribution is 5.95. The zero-order chi connectivity index (χ0) is 13.2. The van der Waals surface area contributed by atoms with Crippen LogP contribution in [0.1, 0.15) is 39.2 Å². The molecule has 1 heterocycles. The SMILES string of the molecule is CC(C)(C)c1ccc(NC(=O)[C@@H]2CCCN2)cc1. The Labute approximate surface area is 109 Å². The minimum absolute atomic E-state index is 0.0210. The van der Waals surface area contributed by atoms with Crippen molar-refractivity contribution >= 4 is 11.6 Å². The quantitative estimate of drug-likeness (QED) is 0.842. The summed E-state index contributed by atoms with van der Waals surface area (Å²) in [5.74, 6) is 0.0796. The van der Waals surface area contributed by atoms with Gasteiger partial charge in [0.05, 0.1) is 6.04 Å². The average Bonchev–Trinajstić information content (AvgIpc) is 2.82. The normalized spacial score (nSPS) is 19.8. The molecule has 2 rings (SSSR count). The Balaban J connectivity index is 2.00. The summed E-state index contributed by atoms with van der Waals surface area (Å²) in [5.41, 5.74) is 2.30. The van der Waals surface area contributed by atoms with Crippen LogP contribution in [-0.2, 0) is 10.2 Å². The smallest absolute Gasteiger partial charge is 0.241 e. The van der Waals surface area contributed by atoms with Crippen molar-refractivity contribution in [3.63, 3.8) is 0 Å². The second-order valence-electron chi connectivity index (χ2n) is 5.97. The molecule has 1 aromatic carbocycles. The predicted octanol–water partition coefficient (Wildman–Crippen LogP) is 2.67. The van der Waals surface area contributed by atoms with Gasteiger partial charge in [0.25, 0.3) is 0 Å². The molecule has 0 unspecified atom stereocenters. The van der Waals surface area contributed by atoms with Crippen molar-refractivity contribution in [1.82, 2.24) is 5.32 Å². The van der Waals surface area contributed by atoms with Gasteiger partial charge in [-0.05, 0) is 42.5 Å². The number of carbonyl (C=O) groups excluding carboxylic acids is 1. The zero-order valence-electron chi connectivity index (χ0n) is 11.4. The largest absolute Gasteiger partial charge is 0.325 e. The maximum atomic E-state index is 11.9. The first-order valence-electron chi connectivity index (χ1n) is 6.61. The zero-order valence-corrected chi connectivity index (χ0v) is 11.4. The van der Waals surface area contributed by atoms with Crippen LogP contribution in [0.3, 0.4) is 0 Å². The van der Waals surface area contributed by atoms with Gasteiger partial charge in [-0.25, -0.2) is 0 Å². The molecule has 98 valence electrons. The van der Waals surface area contributed by atoms with Crippen molar-refractivity contribution in [2.75, 3.05) is 11.9 Å². The molecule has 0 radical (unpaired) electrons. The number of anilines is 1. The fourth-order valence-corrected chi connectivity index (χ4v) is 2.19. The van der Waals surface area contributed by atoms with Crippen molar-refractivity contribution in [3.8, 4) is 0 Å². The molecule has 0 spiro atoms. The molecule has 1 amide bonds. The molecule has 2 N–H and O–H groups in total. The second-order valence-corrected chi connectivity index (χ2v) is 5.97. The second kappa shape index (κ2) is 5.11. The molecule has 1 aromatic rings. The third-order valence-electron chi connectivity index (χ3n) is 3.40. The Morgan fingerprint density at radius 2 is 1.94 bits per heavy atom. The molecule has 1 aliphatic rings. The fraction of sp³-hybridized carbons (Fsp3) is 0.533. The Hall–Kier alpha value is -1.35. The third-order valence-corrected chi connectivity index (χ3v) is 3.40. The van der Waals surface area contributed by atoms with Crippen molar-refractivity contribution in [2.45, 2.75) is 45.1 Å². The topological polar surface area (TPSA) is 41.1 Å². The van der Waals surface area contributed by atoms with Crippen molar-refractivity contribution in [2.24, 2.45) is 0 Å². The third kappa shape index (κ3) is 3.10.